The minimum atomic E-state index is -0.448. The van der Waals surface area contributed by atoms with Crippen molar-refractivity contribution in [1.82, 2.24) is 10.2 Å². The first-order valence-corrected chi connectivity index (χ1v) is 8.35. The number of carbonyl (C=O) groups excluding carboxylic acids is 1. The van der Waals surface area contributed by atoms with Crippen LogP contribution in [0.2, 0.25) is 0 Å². The lowest BCUT2D eigenvalue weighted by atomic mass is 9.77. The second kappa shape index (κ2) is 7.47. The molecule has 1 amide bonds. The fraction of sp³-hybridized carbons (Fsp3) is 0.706. The first-order chi connectivity index (χ1) is 11.2. The normalized spacial score (nSPS) is 31.0. The molecule has 1 aliphatic carbocycles. The van der Waals surface area contributed by atoms with Crippen molar-refractivity contribution in [2.24, 2.45) is 11.8 Å². The van der Waals surface area contributed by atoms with Crippen LogP contribution in [0.1, 0.15) is 24.8 Å². The number of aliphatic hydroxyl groups excluding tert-OH is 1. The van der Waals surface area contributed by atoms with E-state index in [4.69, 9.17) is 9.15 Å². The van der Waals surface area contributed by atoms with Crippen molar-refractivity contribution in [3.05, 3.63) is 24.2 Å². The number of amides is 1. The van der Waals surface area contributed by atoms with Gasteiger partial charge in [-0.25, -0.2) is 0 Å². The Kier molecular flexibility index (Phi) is 5.35. The molecular formula is C17H26N2O4. The molecule has 2 N–H and O–H groups in total. The monoisotopic (exact) mass is 322 g/mol. The molecule has 2 aliphatic rings. The van der Waals surface area contributed by atoms with Gasteiger partial charge in [0.2, 0.25) is 5.91 Å². The van der Waals surface area contributed by atoms with E-state index < -0.39 is 6.10 Å². The van der Waals surface area contributed by atoms with E-state index in [0.717, 1.165) is 32.5 Å². The minimum Gasteiger partial charge on any atom is -0.472 e. The maximum absolute atomic E-state index is 11.9. The van der Waals surface area contributed by atoms with Crippen LogP contribution in [0.5, 0.6) is 0 Å². The van der Waals surface area contributed by atoms with Crippen molar-refractivity contribution < 1.29 is 19.1 Å². The molecule has 6 heteroatoms. The van der Waals surface area contributed by atoms with Crippen molar-refractivity contribution in [1.29, 1.82) is 0 Å². The number of rotatable bonds is 6. The van der Waals surface area contributed by atoms with Crippen LogP contribution in [0.4, 0.5) is 0 Å². The zero-order valence-corrected chi connectivity index (χ0v) is 13.6. The molecule has 0 radical (unpaired) electrons. The highest BCUT2D eigenvalue weighted by Gasteiger charge is 2.41. The third kappa shape index (κ3) is 4.13. The van der Waals surface area contributed by atoms with Gasteiger partial charge in [0.1, 0.15) is 0 Å². The quantitative estimate of drug-likeness (QED) is 0.817. The summed E-state index contributed by atoms with van der Waals surface area (Å²) in [5.41, 5.74) is 1.19. The lowest BCUT2D eigenvalue weighted by Gasteiger charge is -2.35. The molecule has 1 saturated carbocycles. The zero-order chi connectivity index (χ0) is 16.2. The molecule has 128 valence electrons. The summed E-state index contributed by atoms with van der Waals surface area (Å²) in [6.45, 7) is 3.34. The predicted molar refractivity (Wildman–Crippen MR) is 84.6 cm³/mol. The average Bonchev–Trinajstić information content (AvgIpc) is 3.15. The van der Waals surface area contributed by atoms with Gasteiger partial charge in [-0.1, -0.05) is 0 Å². The summed E-state index contributed by atoms with van der Waals surface area (Å²) in [7, 11) is 1.58. The van der Waals surface area contributed by atoms with E-state index in [9.17, 15) is 9.90 Å². The van der Waals surface area contributed by atoms with Crippen LogP contribution in [0.3, 0.4) is 0 Å². The number of carbonyl (C=O) groups is 1. The Morgan fingerprint density at radius 2 is 2.22 bits per heavy atom. The molecule has 1 saturated heterocycles. The number of furan rings is 1. The Balaban J connectivity index is 1.51. The van der Waals surface area contributed by atoms with Crippen LogP contribution in [0.25, 0.3) is 0 Å². The third-order valence-corrected chi connectivity index (χ3v) is 5.08. The van der Waals surface area contributed by atoms with E-state index in [-0.39, 0.29) is 11.9 Å². The standard InChI is InChI=1S/C17H26N2O4/c1-22-4-3-17(21)18-15-6-13-9-19(8-12-2-5-23-11-12)10-14(13)7-16(15)20/h2,5,11,13-16,20H,3-4,6-10H2,1H3,(H,18,21)/t13-,14+,15-,16-/m0/s1. The molecule has 4 atom stereocenters. The Hall–Kier alpha value is -1.37. The smallest absolute Gasteiger partial charge is 0.222 e. The number of nitrogens with one attached hydrogen (secondary N) is 1. The zero-order valence-electron chi connectivity index (χ0n) is 13.6. The van der Waals surface area contributed by atoms with Gasteiger partial charge < -0.3 is 19.6 Å². The van der Waals surface area contributed by atoms with Crippen molar-refractivity contribution in [2.75, 3.05) is 26.8 Å². The Morgan fingerprint density at radius 3 is 2.91 bits per heavy atom. The van der Waals surface area contributed by atoms with E-state index in [1.807, 2.05) is 6.07 Å². The molecule has 0 spiro atoms. The minimum absolute atomic E-state index is 0.0393. The highest BCUT2D eigenvalue weighted by molar-refractivity contribution is 5.76. The number of methoxy groups -OCH3 is 1. The Morgan fingerprint density at radius 1 is 1.43 bits per heavy atom. The summed E-state index contributed by atoms with van der Waals surface area (Å²) >= 11 is 0. The van der Waals surface area contributed by atoms with Gasteiger partial charge >= 0.3 is 0 Å². The van der Waals surface area contributed by atoms with Gasteiger partial charge in [0, 0.05) is 38.7 Å². The Labute approximate surface area is 136 Å². The van der Waals surface area contributed by atoms with Gasteiger partial charge in [-0.05, 0) is 30.7 Å². The molecule has 0 aromatic carbocycles. The number of fused-ring (bicyclic) bond motifs is 1. The van der Waals surface area contributed by atoms with E-state index in [1.54, 1.807) is 19.6 Å². The van der Waals surface area contributed by atoms with Crippen molar-refractivity contribution >= 4 is 5.91 Å². The van der Waals surface area contributed by atoms with Gasteiger partial charge in [0.15, 0.2) is 0 Å². The number of ether oxygens (including phenoxy) is 1. The molecule has 1 aliphatic heterocycles. The second-order valence-corrected chi connectivity index (χ2v) is 6.80. The van der Waals surface area contributed by atoms with Crippen LogP contribution in [0.15, 0.2) is 23.0 Å². The van der Waals surface area contributed by atoms with Gasteiger partial charge in [0.25, 0.3) is 0 Å². The fourth-order valence-electron chi connectivity index (χ4n) is 3.93. The molecule has 3 rings (SSSR count). The molecule has 0 bridgehead atoms. The van der Waals surface area contributed by atoms with Gasteiger partial charge in [-0.15, -0.1) is 0 Å². The third-order valence-electron chi connectivity index (χ3n) is 5.08. The van der Waals surface area contributed by atoms with Gasteiger partial charge in [-0.3, -0.25) is 9.69 Å². The van der Waals surface area contributed by atoms with Crippen molar-refractivity contribution in [3.8, 4) is 0 Å². The number of likely N-dealkylation sites (tertiary alicyclic amines) is 1. The fourth-order valence-corrected chi connectivity index (χ4v) is 3.93. The highest BCUT2D eigenvalue weighted by atomic mass is 16.5. The van der Waals surface area contributed by atoms with Gasteiger partial charge in [0.05, 0.1) is 31.3 Å². The van der Waals surface area contributed by atoms with Crippen LogP contribution < -0.4 is 5.32 Å². The van der Waals surface area contributed by atoms with Crippen LogP contribution in [-0.4, -0.2) is 54.9 Å². The van der Waals surface area contributed by atoms with E-state index >= 15 is 0 Å². The lowest BCUT2D eigenvalue weighted by molar-refractivity contribution is -0.124. The summed E-state index contributed by atoms with van der Waals surface area (Å²) < 4.78 is 10.1. The van der Waals surface area contributed by atoms with E-state index in [0.29, 0.717) is 24.9 Å². The molecule has 23 heavy (non-hydrogen) atoms. The summed E-state index contributed by atoms with van der Waals surface area (Å²) in [5.74, 6) is 1.02. The van der Waals surface area contributed by atoms with E-state index in [1.165, 1.54) is 5.56 Å². The van der Waals surface area contributed by atoms with Crippen LogP contribution in [-0.2, 0) is 16.1 Å². The molecule has 1 aromatic rings. The van der Waals surface area contributed by atoms with Gasteiger partial charge in [-0.2, -0.15) is 0 Å². The molecule has 0 unspecified atom stereocenters. The predicted octanol–water partition coefficient (Wildman–Crippen LogP) is 1.00. The molecule has 2 heterocycles. The summed E-state index contributed by atoms with van der Waals surface area (Å²) in [5, 5.41) is 13.3. The largest absolute Gasteiger partial charge is 0.472 e. The molecular weight excluding hydrogens is 296 g/mol. The maximum atomic E-state index is 11.9. The number of nitrogens with zero attached hydrogens (tertiary/aromatic N) is 1. The lowest BCUT2D eigenvalue weighted by Crippen LogP contribution is -2.49. The number of hydrogen-bond donors (Lipinski definition) is 2. The van der Waals surface area contributed by atoms with Crippen LogP contribution in [0, 0.1) is 11.8 Å². The average molecular weight is 322 g/mol. The maximum Gasteiger partial charge on any atom is 0.222 e. The van der Waals surface area contributed by atoms with Crippen molar-refractivity contribution in [2.45, 2.75) is 38.0 Å². The SMILES string of the molecule is COCCC(=O)N[C@H]1C[C@H]2CN(Cc3ccoc3)C[C@H]2C[C@@H]1O. The first-order valence-electron chi connectivity index (χ1n) is 8.35. The summed E-state index contributed by atoms with van der Waals surface area (Å²) in [6.07, 6.45) is 5.01. The molecule has 6 nitrogen and oxygen atoms in total. The van der Waals surface area contributed by atoms with E-state index in [2.05, 4.69) is 10.2 Å². The molecule has 1 aromatic heterocycles. The number of aliphatic hydroxyl groups is 1. The number of hydrogen-bond acceptors (Lipinski definition) is 5. The van der Waals surface area contributed by atoms with Crippen molar-refractivity contribution in [3.63, 3.8) is 0 Å². The molecule has 2 fully saturated rings. The summed E-state index contributed by atoms with van der Waals surface area (Å²) in [4.78, 5) is 14.3. The summed E-state index contributed by atoms with van der Waals surface area (Å²) in [6, 6.07) is 1.87. The van der Waals surface area contributed by atoms with Crippen LogP contribution >= 0.6 is 0 Å². The Bertz CT molecular complexity index is 505. The first kappa shape index (κ1) is 16.5. The second-order valence-electron chi connectivity index (χ2n) is 6.80. The highest BCUT2D eigenvalue weighted by Crippen LogP contribution is 2.37. The topological polar surface area (TPSA) is 74.9 Å².